The van der Waals surface area contributed by atoms with E-state index in [1.807, 2.05) is 54.6 Å². The first kappa shape index (κ1) is 17.5. The number of amides is 1. The van der Waals surface area contributed by atoms with E-state index in [1.54, 1.807) is 0 Å². The van der Waals surface area contributed by atoms with Gasteiger partial charge in [-0.3, -0.25) is 9.48 Å². The summed E-state index contributed by atoms with van der Waals surface area (Å²) in [4.78, 5) is 15.0. The van der Waals surface area contributed by atoms with Crippen molar-refractivity contribution in [2.24, 2.45) is 0 Å². The van der Waals surface area contributed by atoms with Crippen molar-refractivity contribution in [3.63, 3.8) is 0 Å². The molecule has 1 fully saturated rings. The van der Waals surface area contributed by atoms with Crippen molar-refractivity contribution in [2.75, 3.05) is 6.54 Å². The van der Waals surface area contributed by atoms with Crippen LogP contribution in [-0.2, 0) is 6.54 Å². The van der Waals surface area contributed by atoms with Gasteiger partial charge in [-0.1, -0.05) is 22.4 Å². The average molecular weight is 365 g/mol. The van der Waals surface area contributed by atoms with Crippen LogP contribution in [0.4, 0.5) is 0 Å². The van der Waals surface area contributed by atoms with E-state index in [4.69, 9.17) is 4.63 Å². The zero-order valence-corrected chi connectivity index (χ0v) is 15.8. The smallest absolute Gasteiger partial charge is 0.254 e. The van der Waals surface area contributed by atoms with Gasteiger partial charge in [0.05, 0.1) is 18.3 Å². The molecule has 7 heteroatoms. The predicted molar refractivity (Wildman–Crippen MR) is 99.3 cm³/mol. The summed E-state index contributed by atoms with van der Waals surface area (Å²) in [7, 11) is 0. The summed E-state index contributed by atoms with van der Waals surface area (Å²) in [5.41, 5.74) is 5.36. The molecule has 0 radical (unpaired) electrons. The van der Waals surface area contributed by atoms with Gasteiger partial charge in [-0.05, 0) is 57.4 Å². The van der Waals surface area contributed by atoms with Crippen molar-refractivity contribution < 1.29 is 9.42 Å². The molecule has 0 saturated carbocycles. The first-order valence-electron chi connectivity index (χ1n) is 9.23. The van der Waals surface area contributed by atoms with Crippen molar-refractivity contribution >= 4 is 5.91 Å². The van der Waals surface area contributed by atoms with Gasteiger partial charge in [0.15, 0.2) is 0 Å². The number of carbonyl (C=O) groups is 1. The van der Waals surface area contributed by atoms with Gasteiger partial charge in [0.2, 0.25) is 0 Å². The first-order chi connectivity index (χ1) is 13.0. The minimum Gasteiger partial charge on any atom is -0.330 e. The van der Waals surface area contributed by atoms with Crippen LogP contribution in [0.2, 0.25) is 0 Å². The van der Waals surface area contributed by atoms with E-state index in [-0.39, 0.29) is 11.9 Å². The minimum atomic E-state index is -0.0663. The number of hydrogen-bond donors (Lipinski definition) is 0. The van der Waals surface area contributed by atoms with Crippen LogP contribution in [0.3, 0.4) is 0 Å². The minimum absolute atomic E-state index is 0.0233. The molecule has 1 saturated heterocycles. The van der Waals surface area contributed by atoms with E-state index in [1.165, 1.54) is 0 Å². The molecule has 0 bridgehead atoms. The van der Waals surface area contributed by atoms with Gasteiger partial charge in [-0.25, -0.2) is 4.63 Å². The molecule has 3 aromatic rings. The second-order valence-electron chi connectivity index (χ2n) is 7.18. The van der Waals surface area contributed by atoms with E-state index < -0.39 is 0 Å². The molecule has 1 aliphatic rings. The van der Waals surface area contributed by atoms with E-state index in [9.17, 15) is 4.79 Å². The first-order valence-corrected chi connectivity index (χ1v) is 9.23. The topological polar surface area (TPSA) is 77.0 Å². The Kier molecular flexibility index (Phi) is 4.51. The maximum atomic E-state index is 13.2. The molecule has 1 atom stereocenters. The van der Waals surface area contributed by atoms with E-state index >= 15 is 0 Å². The summed E-state index contributed by atoms with van der Waals surface area (Å²) in [6.45, 7) is 7.26. The van der Waals surface area contributed by atoms with E-state index in [0.717, 1.165) is 47.7 Å². The number of benzene rings is 1. The Morgan fingerprint density at radius 2 is 2.07 bits per heavy atom. The maximum absolute atomic E-state index is 13.2. The van der Waals surface area contributed by atoms with Crippen LogP contribution in [0, 0.1) is 20.8 Å². The van der Waals surface area contributed by atoms with E-state index in [0.29, 0.717) is 12.1 Å². The van der Waals surface area contributed by atoms with Crippen molar-refractivity contribution in [2.45, 2.75) is 46.2 Å². The fourth-order valence-corrected chi connectivity index (χ4v) is 3.81. The molecule has 140 valence electrons. The third kappa shape index (κ3) is 3.37. The molecule has 0 spiro atoms. The predicted octanol–water partition coefficient (Wildman–Crippen LogP) is 3.22. The summed E-state index contributed by atoms with van der Waals surface area (Å²) >= 11 is 0. The Labute approximate surface area is 157 Å². The van der Waals surface area contributed by atoms with E-state index in [2.05, 4.69) is 21.5 Å². The number of aryl methyl sites for hydroxylation is 3. The molecule has 1 aliphatic heterocycles. The molecule has 1 aromatic carbocycles. The normalized spacial score (nSPS) is 16.9. The number of likely N-dealkylation sites (tertiary alicyclic amines) is 1. The van der Waals surface area contributed by atoms with Gasteiger partial charge in [0, 0.05) is 17.8 Å². The molecular formula is C20H23N5O2. The average Bonchev–Trinajstić information content (AvgIpc) is 3.35. The summed E-state index contributed by atoms with van der Waals surface area (Å²) in [6, 6.07) is 9.78. The molecule has 0 aliphatic carbocycles. The summed E-state index contributed by atoms with van der Waals surface area (Å²) in [6.07, 6.45) is 1.83. The zero-order chi connectivity index (χ0) is 19.0. The highest BCUT2D eigenvalue weighted by molar-refractivity contribution is 5.94. The van der Waals surface area contributed by atoms with Crippen LogP contribution >= 0.6 is 0 Å². The molecule has 2 aromatic heterocycles. The van der Waals surface area contributed by atoms with Crippen LogP contribution in [0.25, 0.3) is 0 Å². The monoisotopic (exact) mass is 365 g/mol. The lowest BCUT2D eigenvalue weighted by Gasteiger charge is -2.23. The fraction of sp³-hybridized carbons (Fsp3) is 0.400. The highest BCUT2D eigenvalue weighted by atomic mass is 16.6. The Balaban J connectivity index is 1.57. The molecular weight excluding hydrogens is 342 g/mol. The van der Waals surface area contributed by atoms with Crippen LogP contribution < -0.4 is 0 Å². The lowest BCUT2D eigenvalue weighted by Crippen LogP contribution is -2.31. The van der Waals surface area contributed by atoms with Crippen molar-refractivity contribution in [1.82, 2.24) is 25.0 Å². The summed E-state index contributed by atoms with van der Waals surface area (Å²) in [5.74, 6) is 0.0233. The molecule has 1 amide bonds. The van der Waals surface area contributed by atoms with Gasteiger partial charge in [-0.2, -0.15) is 5.10 Å². The SMILES string of the molecule is Cc1cc(C)n(Cc2cccc(C(=O)N3CCCC3c3nonc3C)c2)n1. The van der Waals surface area contributed by atoms with Crippen LogP contribution in [-0.4, -0.2) is 37.4 Å². The van der Waals surface area contributed by atoms with Crippen molar-refractivity contribution in [3.05, 3.63) is 64.2 Å². The number of carbonyl (C=O) groups excluding carboxylic acids is 1. The van der Waals surface area contributed by atoms with Crippen LogP contribution in [0.5, 0.6) is 0 Å². The summed E-state index contributed by atoms with van der Waals surface area (Å²) < 4.78 is 6.80. The Bertz CT molecular complexity index is 974. The third-order valence-electron chi connectivity index (χ3n) is 5.13. The Morgan fingerprint density at radius 1 is 1.22 bits per heavy atom. The quantitative estimate of drug-likeness (QED) is 0.709. The number of hydrogen-bond acceptors (Lipinski definition) is 5. The van der Waals surface area contributed by atoms with Gasteiger partial charge < -0.3 is 4.90 Å². The number of rotatable bonds is 4. The Hall–Kier alpha value is -2.96. The van der Waals surface area contributed by atoms with Gasteiger partial charge in [-0.15, -0.1) is 0 Å². The largest absolute Gasteiger partial charge is 0.330 e. The van der Waals surface area contributed by atoms with Gasteiger partial charge in [0.1, 0.15) is 11.4 Å². The lowest BCUT2D eigenvalue weighted by atomic mass is 10.1. The number of aromatic nitrogens is 4. The highest BCUT2D eigenvalue weighted by Gasteiger charge is 2.34. The van der Waals surface area contributed by atoms with Gasteiger partial charge in [0.25, 0.3) is 5.91 Å². The fourth-order valence-electron chi connectivity index (χ4n) is 3.81. The highest BCUT2D eigenvalue weighted by Crippen LogP contribution is 2.33. The number of nitrogens with zero attached hydrogens (tertiary/aromatic N) is 5. The maximum Gasteiger partial charge on any atom is 0.254 e. The lowest BCUT2D eigenvalue weighted by molar-refractivity contribution is 0.0730. The van der Waals surface area contributed by atoms with Crippen LogP contribution in [0.1, 0.15) is 57.6 Å². The third-order valence-corrected chi connectivity index (χ3v) is 5.13. The second-order valence-corrected chi connectivity index (χ2v) is 7.18. The van der Waals surface area contributed by atoms with Crippen molar-refractivity contribution in [1.29, 1.82) is 0 Å². The van der Waals surface area contributed by atoms with Gasteiger partial charge >= 0.3 is 0 Å². The molecule has 1 unspecified atom stereocenters. The second kappa shape index (κ2) is 6.98. The molecule has 27 heavy (non-hydrogen) atoms. The molecule has 3 heterocycles. The molecule has 7 nitrogen and oxygen atoms in total. The standard InChI is InChI=1S/C20H23N5O2/c1-13-10-14(2)25(21-13)12-16-6-4-7-17(11-16)20(26)24-9-5-8-18(24)19-15(3)22-27-23-19/h4,6-7,10-11,18H,5,8-9,12H2,1-3H3. The zero-order valence-electron chi connectivity index (χ0n) is 15.8. The molecule has 0 N–H and O–H groups in total. The summed E-state index contributed by atoms with van der Waals surface area (Å²) in [5, 5.41) is 12.4. The van der Waals surface area contributed by atoms with Crippen LogP contribution in [0.15, 0.2) is 35.0 Å². The van der Waals surface area contributed by atoms with Crippen molar-refractivity contribution in [3.8, 4) is 0 Å². The molecule has 4 rings (SSSR count). The Morgan fingerprint density at radius 3 is 2.78 bits per heavy atom.